The van der Waals surface area contributed by atoms with Crippen LogP contribution in [0.15, 0.2) is 48.5 Å². The van der Waals surface area contributed by atoms with Crippen molar-refractivity contribution in [1.29, 1.82) is 0 Å². The monoisotopic (exact) mass is 395 g/mol. The molecule has 0 bridgehead atoms. The maximum Gasteiger partial charge on any atom is 0.336 e. The van der Waals surface area contributed by atoms with Gasteiger partial charge in [-0.2, -0.15) is 0 Å². The van der Waals surface area contributed by atoms with Gasteiger partial charge in [-0.1, -0.05) is 42.5 Å². The summed E-state index contributed by atoms with van der Waals surface area (Å²) < 4.78 is 0. The molecule has 0 spiro atoms. The van der Waals surface area contributed by atoms with Crippen molar-refractivity contribution in [3.05, 3.63) is 59.7 Å². The molecule has 2 N–H and O–H groups in total. The highest BCUT2D eigenvalue weighted by Gasteiger charge is 2.33. The lowest BCUT2D eigenvalue weighted by molar-refractivity contribution is -0.142. The average Bonchev–Trinajstić information content (AvgIpc) is 2.73. The molecular weight excluding hydrogens is 370 g/mol. The van der Waals surface area contributed by atoms with Crippen molar-refractivity contribution in [1.82, 2.24) is 15.1 Å². The first-order valence-corrected chi connectivity index (χ1v) is 9.53. The Balaban J connectivity index is 1.73. The Morgan fingerprint density at radius 1 is 1.07 bits per heavy atom. The molecule has 3 rings (SSSR count). The average molecular weight is 395 g/mol. The van der Waals surface area contributed by atoms with Gasteiger partial charge in [-0.25, -0.2) is 4.79 Å². The molecule has 7 nitrogen and oxygen atoms in total. The number of amides is 2. The molecule has 1 heterocycles. The zero-order chi connectivity index (χ0) is 21.0. The molecule has 7 heteroatoms. The Kier molecular flexibility index (Phi) is 6.29. The Morgan fingerprint density at radius 3 is 2.38 bits per heavy atom. The van der Waals surface area contributed by atoms with E-state index in [1.54, 1.807) is 30.1 Å². The van der Waals surface area contributed by atoms with Crippen molar-refractivity contribution in [2.24, 2.45) is 0 Å². The number of aromatic carboxylic acids is 1. The third-order valence-corrected chi connectivity index (χ3v) is 5.25. The predicted molar refractivity (Wildman–Crippen MR) is 109 cm³/mol. The van der Waals surface area contributed by atoms with Crippen LogP contribution in [0.2, 0.25) is 0 Å². The van der Waals surface area contributed by atoms with Crippen molar-refractivity contribution in [3.63, 3.8) is 0 Å². The number of rotatable bonds is 5. The van der Waals surface area contributed by atoms with Gasteiger partial charge in [0, 0.05) is 40.2 Å². The van der Waals surface area contributed by atoms with Gasteiger partial charge in [-0.3, -0.25) is 14.5 Å². The van der Waals surface area contributed by atoms with Crippen LogP contribution in [0.4, 0.5) is 0 Å². The van der Waals surface area contributed by atoms with Crippen molar-refractivity contribution in [3.8, 4) is 11.1 Å². The largest absolute Gasteiger partial charge is 0.478 e. The van der Waals surface area contributed by atoms with Crippen LogP contribution in [0.3, 0.4) is 0 Å². The number of benzene rings is 2. The molecule has 1 fully saturated rings. The van der Waals surface area contributed by atoms with E-state index in [2.05, 4.69) is 10.2 Å². The number of likely N-dealkylation sites (N-methyl/N-ethyl adjacent to an activating group) is 1. The van der Waals surface area contributed by atoms with Crippen molar-refractivity contribution < 1.29 is 19.5 Å². The van der Waals surface area contributed by atoms with E-state index in [1.165, 1.54) is 6.92 Å². The third kappa shape index (κ3) is 4.63. The first-order chi connectivity index (χ1) is 13.9. The number of hydrogen-bond acceptors (Lipinski definition) is 4. The molecular formula is C22H25N3O4. The van der Waals surface area contributed by atoms with Crippen LogP contribution in [-0.4, -0.2) is 65.4 Å². The number of nitrogens with zero attached hydrogens (tertiary/aromatic N) is 2. The lowest BCUT2D eigenvalue weighted by Crippen LogP contribution is -2.59. The van der Waals surface area contributed by atoms with E-state index in [9.17, 15) is 19.5 Å². The summed E-state index contributed by atoms with van der Waals surface area (Å²) in [4.78, 5) is 39.2. The van der Waals surface area contributed by atoms with Crippen LogP contribution in [0.5, 0.6) is 0 Å². The summed E-state index contributed by atoms with van der Waals surface area (Å²) >= 11 is 0. The second kappa shape index (κ2) is 8.87. The fourth-order valence-corrected chi connectivity index (χ4v) is 3.72. The van der Waals surface area contributed by atoms with Crippen molar-refractivity contribution >= 4 is 17.8 Å². The highest BCUT2D eigenvalue weighted by molar-refractivity contribution is 5.96. The van der Waals surface area contributed by atoms with E-state index in [4.69, 9.17) is 0 Å². The van der Waals surface area contributed by atoms with Gasteiger partial charge in [-0.05, 0) is 22.8 Å². The van der Waals surface area contributed by atoms with Crippen LogP contribution in [0, 0.1) is 0 Å². The van der Waals surface area contributed by atoms with Crippen LogP contribution < -0.4 is 5.32 Å². The molecule has 1 saturated heterocycles. The molecule has 2 amide bonds. The fourth-order valence-electron chi connectivity index (χ4n) is 3.72. The lowest BCUT2D eigenvalue weighted by atomic mass is 9.98. The van der Waals surface area contributed by atoms with Gasteiger partial charge in [-0.15, -0.1) is 0 Å². The van der Waals surface area contributed by atoms with Gasteiger partial charge in [0.2, 0.25) is 11.8 Å². The molecule has 0 aromatic heterocycles. The highest BCUT2D eigenvalue weighted by Crippen LogP contribution is 2.25. The maximum atomic E-state index is 12.2. The topological polar surface area (TPSA) is 89.9 Å². The van der Waals surface area contributed by atoms with E-state index < -0.39 is 12.0 Å². The molecule has 0 radical (unpaired) electrons. The van der Waals surface area contributed by atoms with Gasteiger partial charge < -0.3 is 15.3 Å². The summed E-state index contributed by atoms with van der Waals surface area (Å²) in [5.74, 6) is -1.21. The molecule has 152 valence electrons. The van der Waals surface area contributed by atoms with Crippen LogP contribution in [-0.2, 0) is 16.1 Å². The van der Waals surface area contributed by atoms with Gasteiger partial charge in [0.25, 0.3) is 0 Å². The Morgan fingerprint density at radius 2 is 1.76 bits per heavy atom. The molecule has 29 heavy (non-hydrogen) atoms. The first kappa shape index (κ1) is 20.5. The van der Waals surface area contributed by atoms with E-state index >= 15 is 0 Å². The first-order valence-electron chi connectivity index (χ1n) is 9.53. The summed E-state index contributed by atoms with van der Waals surface area (Å²) in [5.41, 5.74) is 2.86. The Hall–Kier alpha value is -3.19. The van der Waals surface area contributed by atoms with Crippen molar-refractivity contribution in [2.75, 3.05) is 26.7 Å². The summed E-state index contributed by atoms with van der Waals surface area (Å²) in [6.45, 7) is 3.82. The zero-order valence-corrected chi connectivity index (χ0v) is 16.6. The smallest absolute Gasteiger partial charge is 0.336 e. The summed E-state index contributed by atoms with van der Waals surface area (Å²) in [6.07, 6.45) is 0. The second-order valence-electron chi connectivity index (χ2n) is 7.13. The molecule has 2 aromatic carbocycles. The fraction of sp³-hybridized carbons (Fsp3) is 0.318. The normalized spacial score (nSPS) is 17.0. The molecule has 0 aliphatic carbocycles. The molecule has 2 aromatic rings. The zero-order valence-electron chi connectivity index (χ0n) is 16.6. The Labute approximate surface area is 169 Å². The maximum absolute atomic E-state index is 12.2. The molecule has 1 aliphatic heterocycles. The van der Waals surface area contributed by atoms with Crippen LogP contribution >= 0.6 is 0 Å². The number of carboxylic acid groups (broad SMARTS) is 1. The van der Waals surface area contributed by atoms with Gasteiger partial charge in [0.1, 0.15) is 6.04 Å². The van der Waals surface area contributed by atoms with E-state index in [0.29, 0.717) is 31.7 Å². The summed E-state index contributed by atoms with van der Waals surface area (Å²) in [7, 11) is 1.58. The number of carbonyl (C=O) groups excluding carboxylic acids is 2. The number of nitrogens with one attached hydrogen (secondary N) is 1. The number of carboxylic acids is 1. The van der Waals surface area contributed by atoms with E-state index in [1.807, 2.05) is 30.3 Å². The van der Waals surface area contributed by atoms with Gasteiger partial charge in [0.05, 0.1) is 5.56 Å². The quantitative estimate of drug-likeness (QED) is 0.806. The Bertz CT molecular complexity index is 911. The summed E-state index contributed by atoms with van der Waals surface area (Å²) in [6, 6.07) is 14.2. The minimum atomic E-state index is -0.951. The molecule has 0 unspecified atom stereocenters. The van der Waals surface area contributed by atoms with Crippen LogP contribution in [0.25, 0.3) is 11.1 Å². The molecule has 1 atom stereocenters. The number of piperazine rings is 1. The number of hydrogen-bond donors (Lipinski definition) is 2. The molecule has 0 saturated carbocycles. The van der Waals surface area contributed by atoms with Crippen molar-refractivity contribution in [2.45, 2.75) is 19.5 Å². The molecule has 1 aliphatic rings. The second-order valence-corrected chi connectivity index (χ2v) is 7.13. The highest BCUT2D eigenvalue weighted by atomic mass is 16.4. The third-order valence-electron chi connectivity index (χ3n) is 5.25. The van der Waals surface area contributed by atoms with Gasteiger partial charge >= 0.3 is 5.97 Å². The van der Waals surface area contributed by atoms with Crippen LogP contribution in [0.1, 0.15) is 22.8 Å². The minimum Gasteiger partial charge on any atom is -0.478 e. The number of carbonyl (C=O) groups is 3. The SMILES string of the molecule is CNC(=O)[C@@H]1CN(Cc2ccc(-c3ccccc3C(=O)O)cc2)CCN1C(C)=O. The van der Waals surface area contributed by atoms with Gasteiger partial charge in [0.15, 0.2) is 0 Å². The minimum absolute atomic E-state index is 0.0975. The predicted octanol–water partition coefficient (Wildman–Crippen LogP) is 1.83. The standard InChI is InChI=1S/C22H25N3O4/c1-15(26)25-12-11-24(14-20(25)21(27)23-2)13-16-7-9-17(10-8-16)18-5-3-4-6-19(18)22(28)29/h3-10,20H,11-14H2,1-2H3,(H,23,27)(H,28,29)/t20-/m0/s1. The lowest BCUT2D eigenvalue weighted by Gasteiger charge is -2.40. The summed E-state index contributed by atoms with van der Waals surface area (Å²) in [5, 5.41) is 12.0. The van der Waals surface area contributed by atoms with E-state index in [0.717, 1.165) is 11.1 Å². The van der Waals surface area contributed by atoms with E-state index in [-0.39, 0.29) is 17.4 Å².